The van der Waals surface area contributed by atoms with E-state index in [9.17, 15) is 26.3 Å². The molecule has 2 nitrogen and oxygen atoms in total. The van der Waals surface area contributed by atoms with Crippen LogP contribution in [-0.4, -0.2) is 11.2 Å². The number of hydrogen-bond donors (Lipinski definition) is 2. The molecule has 0 aromatic heterocycles. The van der Waals surface area contributed by atoms with Crippen LogP contribution in [0.25, 0.3) is 0 Å². The molecule has 1 atom stereocenters. The Morgan fingerprint density at radius 1 is 0.763 bits per heavy atom. The van der Waals surface area contributed by atoms with Crippen LogP contribution in [0.1, 0.15) is 18.1 Å². The number of benzene rings is 3. The number of anilines is 1. The van der Waals surface area contributed by atoms with Gasteiger partial charge in [0, 0.05) is 23.3 Å². The van der Waals surface area contributed by atoms with E-state index in [2.05, 4.69) is 34.9 Å². The van der Waals surface area contributed by atoms with Crippen LogP contribution in [0.5, 0.6) is 0 Å². The highest BCUT2D eigenvalue weighted by atomic mass is 32.1. The molecule has 2 N–H and O–H groups in total. The molecular formula is C28H22F6N2PS. The van der Waals surface area contributed by atoms with E-state index >= 15 is 0 Å². The van der Waals surface area contributed by atoms with Crippen molar-refractivity contribution in [2.45, 2.75) is 25.3 Å². The largest absolute Gasteiger partial charge is 0.416 e. The van der Waals surface area contributed by atoms with Crippen molar-refractivity contribution >= 4 is 41.5 Å². The molecule has 4 rings (SSSR count). The molecule has 0 saturated heterocycles. The second kappa shape index (κ2) is 11.6. The Kier molecular flexibility index (Phi) is 8.68. The zero-order chi connectivity index (χ0) is 27.5. The smallest absolute Gasteiger partial charge is 0.359 e. The van der Waals surface area contributed by atoms with Crippen molar-refractivity contribution in [3.8, 4) is 0 Å². The first-order chi connectivity index (χ1) is 17.9. The molecule has 0 heterocycles. The van der Waals surface area contributed by atoms with Crippen LogP contribution >= 0.6 is 20.1 Å². The lowest BCUT2D eigenvalue weighted by Crippen LogP contribution is -2.41. The van der Waals surface area contributed by atoms with Gasteiger partial charge in [-0.05, 0) is 75.1 Å². The second-order valence-electron chi connectivity index (χ2n) is 8.49. The van der Waals surface area contributed by atoms with Gasteiger partial charge in [-0.2, -0.15) is 26.3 Å². The van der Waals surface area contributed by atoms with Gasteiger partial charge in [-0.3, -0.25) is 0 Å². The average molecular weight is 564 g/mol. The lowest BCUT2D eigenvalue weighted by atomic mass is 9.99. The van der Waals surface area contributed by atoms with Gasteiger partial charge in [-0.25, -0.2) is 0 Å². The lowest BCUT2D eigenvalue weighted by molar-refractivity contribution is -0.143. The zero-order valence-electron chi connectivity index (χ0n) is 19.9. The molecule has 0 bridgehead atoms. The van der Waals surface area contributed by atoms with Gasteiger partial charge < -0.3 is 10.6 Å². The summed E-state index contributed by atoms with van der Waals surface area (Å²) in [5.41, 5.74) is -2.17. The van der Waals surface area contributed by atoms with Gasteiger partial charge in [0.1, 0.15) is 0 Å². The first-order valence-corrected chi connectivity index (χ1v) is 13.2. The van der Waals surface area contributed by atoms with Crippen LogP contribution in [0.3, 0.4) is 0 Å². The van der Waals surface area contributed by atoms with Gasteiger partial charge in [0.15, 0.2) is 5.11 Å². The van der Waals surface area contributed by atoms with E-state index in [0.717, 1.165) is 22.2 Å². The third-order valence-electron chi connectivity index (χ3n) is 5.75. The minimum Gasteiger partial charge on any atom is -0.359 e. The molecule has 0 unspecified atom stereocenters. The van der Waals surface area contributed by atoms with Crippen molar-refractivity contribution in [2.24, 2.45) is 0 Å². The molecule has 5 radical (unpaired) electrons. The monoisotopic (exact) mass is 563 g/mol. The fraction of sp³-hybridized carbons (Fsp3) is 0.143. The van der Waals surface area contributed by atoms with Gasteiger partial charge >= 0.3 is 12.4 Å². The van der Waals surface area contributed by atoms with Crippen molar-refractivity contribution in [2.75, 3.05) is 5.32 Å². The van der Waals surface area contributed by atoms with E-state index in [1.54, 1.807) is 0 Å². The first-order valence-electron chi connectivity index (χ1n) is 11.5. The molecule has 1 fully saturated rings. The van der Waals surface area contributed by atoms with E-state index in [1.165, 1.54) is 0 Å². The molecule has 1 aliphatic rings. The van der Waals surface area contributed by atoms with Crippen molar-refractivity contribution in [1.29, 1.82) is 0 Å². The van der Waals surface area contributed by atoms with Gasteiger partial charge in [0.2, 0.25) is 0 Å². The average Bonchev–Trinajstić information content (AvgIpc) is 3.34. The van der Waals surface area contributed by atoms with Crippen LogP contribution in [0.15, 0.2) is 78.9 Å². The van der Waals surface area contributed by atoms with Crippen LogP contribution in [0.4, 0.5) is 32.0 Å². The van der Waals surface area contributed by atoms with Crippen molar-refractivity contribution in [3.05, 3.63) is 121 Å². The van der Waals surface area contributed by atoms with Gasteiger partial charge in [-0.1, -0.05) is 60.7 Å². The molecule has 0 aliphatic heterocycles. The summed E-state index contributed by atoms with van der Waals surface area (Å²) < 4.78 is 79.4. The van der Waals surface area contributed by atoms with E-state index in [1.807, 2.05) is 62.6 Å². The molecule has 3 aromatic rings. The summed E-state index contributed by atoms with van der Waals surface area (Å²) in [6.45, 7) is 1.84. The minimum atomic E-state index is -4.95. The quantitative estimate of drug-likeness (QED) is 0.188. The van der Waals surface area contributed by atoms with Crippen molar-refractivity contribution < 1.29 is 26.3 Å². The summed E-state index contributed by atoms with van der Waals surface area (Å²) in [5.74, 6) is 0.924. The van der Waals surface area contributed by atoms with Crippen LogP contribution in [0.2, 0.25) is 0 Å². The van der Waals surface area contributed by atoms with Crippen molar-refractivity contribution in [1.82, 2.24) is 5.32 Å². The topological polar surface area (TPSA) is 24.1 Å². The lowest BCUT2D eigenvalue weighted by Gasteiger charge is -2.33. The molecule has 197 valence electrons. The predicted octanol–water partition coefficient (Wildman–Crippen LogP) is 7.26. The fourth-order valence-corrected chi connectivity index (χ4v) is 6.90. The summed E-state index contributed by atoms with van der Waals surface area (Å²) in [4.78, 5) is 0. The summed E-state index contributed by atoms with van der Waals surface area (Å²) >= 11 is 5.28. The highest BCUT2D eigenvalue weighted by Crippen LogP contribution is 2.56. The Hall–Kier alpha value is -2.64. The highest BCUT2D eigenvalue weighted by molar-refractivity contribution is 7.80. The molecule has 3 aromatic carbocycles. The summed E-state index contributed by atoms with van der Waals surface area (Å²) in [5, 5.41) is 7.69. The summed E-state index contributed by atoms with van der Waals surface area (Å²) in [6, 6.07) is 20.9. The standard InChI is InChI=1S/C28H22F6N2PS/c1-18(35-26(38)36-21-16-19(27(29,30)31)15-20(17-21)28(32,33)34)24-13-8-14-25(24)37(22-9-4-2-5-10-22)23-11-6-3-7-12-23/h2-18H,1H3,(H2,35,36,38)/t18-/m1/s1. The maximum Gasteiger partial charge on any atom is 0.416 e. The fourth-order valence-electron chi connectivity index (χ4n) is 4.04. The number of alkyl halides is 6. The molecule has 0 amide bonds. The number of halogens is 6. The number of thiocarbonyl (C=S) groups is 1. The molecule has 38 heavy (non-hydrogen) atoms. The maximum absolute atomic E-state index is 13.2. The van der Waals surface area contributed by atoms with Crippen LogP contribution in [0, 0.1) is 30.8 Å². The Morgan fingerprint density at radius 2 is 1.26 bits per heavy atom. The maximum atomic E-state index is 13.2. The molecular weight excluding hydrogens is 541 g/mol. The van der Waals surface area contributed by atoms with Crippen LogP contribution in [-0.2, 0) is 12.4 Å². The summed E-state index contributed by atoms with van der Waals surface area (Å²) in [7, 11) is -0.924. The molecule has 10 heteroatoms. The van der Waals surface area contributed by atoms with E-state index in [0.29, 0.717) is 12.1 Å². The number of rotatable bonds is 6. The highest BCUT2D eigenvalue weighted by Gasteiger charge is 2.40. The zero-order valence-corrected chi connectivity index (χ0v) is 21.6. The van der Waals surface area contributed by atoms with Crippen molar-refractivity contribution in [3.63, 3.8) is 0 Å². The van der Waals surface area contributed by atoms with E-state index < -0.39 is 37.1 Å². The number of nitrogens with one attached hydrogen (secondary N) is 2. The van der Waals surface area contributed by atoms with Gasteiger partial charge in [-0.15, -0.1) is 0 Å². The van der Waals surface area contributed by atoms with Gasteiger partial charge in [0.05, 0.1) is 11.1 Å². The Balaban J connectivity index is 1.53. The third kappa shape index (κ3) is 6.86. The molecule has 0 spiro atoms. The second-order valence-corrected chi connectivity index (χ2v) is 11.1. The predicted molar refractivity (Wildman–Crippen MR) is 144 cm³/mol. The van der Waals surface area contributed by atoms with E-state index in [-0.39, 0.29) is 17.2 Å². The molecule has 1 saturated carbocycles. The van der Waals surface area contributed by atoms with Gasteiger partial charge in [0.25, 0.3) is 0 Å². The SMILES string of the molecule is C[C@@H](NC(=S)Nc1cc(C(F)(F)F)cc(C(F)(F)F)c1)[C]1[CH][CH][CH][C]1P(c1ccccc1)c1ccccc1. The normalized spacial score (nSPS) is 16.0. The Labute approximate surface area is 224 Å². The number of hydrogen-bond acceptors (Lipinski definition) is 1. The third-order valence-corrected chi connectivity index (χ3v) is 8.49. The molecule has 1 aliphatic carbocycles. The Morgan fingerprint density at radius 3 is 1.74 bits per heavy atom. The first kappa shape index (κ1) is 28.4. The van der Waals surface area contributed by atoms with E-state index in [4.69, 9.17) is 12.2 Å². The Bertz CT molecular complexity index is 1160. The van der Waals surface area contributed by atoms with Crippen LogP contribution < -0.4 is 21.2 Å². The minimum absolute atomic E-state index is 0.0794. The summed E-state index contributed by atoms with van der Waals surface area (Å²) in [6.07, 6.45) is -4.02.